The highest BCUT2D eigenvalue weighted by Crippen LogP contribution is 2.37. The molecule has 0 aromatic heterocycles. The molecule has 2 aromatic rings. The van der Waals surface area contributed by atoms with Crippen LogP contribution in [0.15, 0.2) is 57.5 Å². The number of benzene rings is 2. The van der Waals surface area contributed by atoms with Crippen LogP contribution in [0.5, 0.6) is 0 Å². The van der Waals surface area contributed by atoms with Crippen molar-refractivity contribution in [2.75, 3.05) is 0 Å². The summed E-state index contributed by atoms with van der Waals surface area (Å²) in [5.41, 5.74) is 0. The molecule has 0 unspecified atom stereocenters. The van der Waals surface area contributed by atoms with E-state index >= 15 is 0 Å². The first-order valence-electron chi connectivity index (χ1n) is 6.04. The first-order valence-corrected chi connectivity index (χ1v) is 8.89. The fourth-order valence-corrected chi connectivity index (χ4v) is 3.97. The van der Waals surface area contributed by atoms with Crippen molar-refractivity contribution in [1.29, 1.82) is 0 Å². The molecule has 0 radical (unpaired) electrons. The first-order chi connectivity index (χ1) is 9.06. The highest BCUT2D eigenvalue weighted by molar-refractivity contribution is 9.10. The Labute approximate surface area is 132 Å². The maximum atomic E-state index is 6.14. The smallest absolute Gasteiger partial charge is 0.0921 e. The maximum Gasteiger partial charge on any atom is 0.0921 e. The summed E-state index contributed by atoms with van der Waals surface area (Å²) in [4.78, 5) is 0. The molecule has 100 valence electrons. The van der Waals surface area contributed by atoms with Gasteiger partial charge in [0.05, 0.1) is 14.3 Å². The van der Waals surface area contributed by atoms with Crippen LogP contribution in [0.25, 0.3) is 0 Å². The molecule has 0 aliphatic heterocycles. The van der Waals surface area contributed by atoms with Gasteiger partial charge in [0, 0.05) is 19.6 Å². The van der Waals surface area contributed by atoms with Gasteiger partial charge in [-0.1, -0.05) is 56.1 Å². The fraction of sp³-hybridized carbons (Fsp3) is 0.200. The van der Waals surface area contributed by atoms with E-state index in [1.54, 1.807) is 0 Å². The SMILES string of the molecule is CC(C)OP(c1ccc(Br)cc1)c1ccc(Br)cc1. The van der Waals surface area contributed by atoms with Gasteiger partial charge in [-0.2, -0.15) is 0 Å². The lowest BCUT2D eigenvalue weighted by atomic mass is 10.4. The molecule has 0 spiro atoms. The number of halogens is 2. The summed E-state index contributed by atoms with van der Waals surface area (Å²) in [5.74, 6) is 0. The molecule has 2 rings (SSSR count). The van der Waals surface area contributed by atoms with E-state index in [9.17, 15) is 0 Å². The molecule has 0 amide bonds. The predicted octanol–water partition coefficient (Wildman–Crippen LogP) is 4.98. The van der Waals surface area contributed by atoms with E-state index in [1.165, 1.54) is 10.6 Å². The Morgan fingerprint density at radius 1 is 0.789 bits per heavy atom. The van der Waals surface area contributed by atoms with Crippen LogP contribution in [0, 0.1) is 0 Å². The second-order valence-corrected chi connectivity index (χ2v) is 8.07. The largest absolute Gasteiger partial charge is 0.347 e. The molecule has 0 aliphatic rings. The molecule has 0 atom stereocenters. The minimum absolute atomic E-state index is 0.207. The van der Waals surface area contributed by atoms with Crippen molar-refractivity contribution in [3.8, 4) is 0 Å². The molecule has 0 heterocycles. The second-order valence-electron chi connectivity index (χ2n) is 4.40. The van der Waals surface area contributed by atoms with E-state index in [-0.39, 0.29) is 6.10 Å². The first kappa shape index (κ1) is 15.2. The third-order valence-electron chi connectivity index (χ3n) is 2.44. The van der Waals surface area contributed by atoms with E-state index in [2.05, 4.69) is 94.2 Å². The van der Waals surface area contributed by atoms with E-state index in [1.807, 2.05) is 0 Å². The molecular formula is C15H15Br2OP. The monoisotopic (exact) mass is 400 g/mol. The average molecular weight is 402 g/mol. The Bertz CT molecular complexity index is 477. The molecular weight excluding hydrogens is 387 g/mol. The molecule has 0 fully saturated rings. The number of hydrogen-bond acceptors (Lipinski definition) is 1. The van der Waals surface area contributed by atoms with Gasteiger partial charge in [0.2, 0.25) is 0 Å². The molecule has 0 aliphatic carbocycles. The minimum Gasteiger partial charge on any atom is -0.347 e. The van der Waals surface area contributed by atoms with Gasteiger partial charge in [-0.3, -0.25) is 0 Å². The topological polar surface area (TPSA) is 9.23 Å². The predicted molar refractivity (Wildman–Crippen MR) is 90.7 cm³/mol. The standard InChI is InChI=1S/C15H15Br2OP/c1-11(2)18-19(14-7-3-12(16)4-8-14)15-9-5-13(17)6-10-15/h3-11H,1-2H3. The van der Waals surface area contributed by atoms with Gasteiger partial charge >= 0.3 is 0 Å². The molecule has 0 saturated heterocycles. The number of hydrogen-bond donors (Lipinski definition) is 0. The lowest BCUT2D eigenvalue weighted by molar-refractivity contribution is 0.278. The van der Waals surface area contributed by atoms with Crippen molar-refractivity contribution in [2.45, 2.75) is 20.0 Å². The van der Waals surface area contributed by atoms with Crippen LogP contribution in [-0.2, 0) is 4.52 Å². The maximum absolute atomic E-state index is 6.14. The van der Waals surface area contributed by atoms with Crippen LogP contribution < -0.4 is 10.6 Å². The van der Waals surface area contributed by atoms with Gasteiger partial charge in [0.25, 0.3) is 0 Å². The Morgan fingerprint density at radius 3 is 1.47 bits per heavy atom. The summed E-state index contributed by atoms with van der Waals surface area (Å²) >= 11 is 6.94. The summed E-state index contributed by atoms with van der Waals surface area (Å²) < 4.78 is 8.32. The minimum atomic E-state index is -0.757. The van der Waals surface area contributed by atoms with Gasteiger partial charge in [-0.25, -0.2) is 0 Å². The van der Waals surface area contributed by atoms with Gasteiger partial charge in [0.1, 0.15) is 0 Å². The van der Waals surface area contributed by atoms with Crippen LogP contribution >= 0.6 is 40.0 Å². The van der Waals surface area contributed by atoms with E-state index in [0.717, 1.165) is 8.95 Å². The van der Waals surface area contributed by atoms with Crippen molar-refractivity contribution < 1.29 is 4.52 Å². The van der Waals surface area contributed by atoms with Crippen molar-refractivity contribution in [3.63, 3.8) is 0 Å². The van der Waals surface area contributed by atoms with Crippen LogP contribution in [0.4, 0.5) is 0 Å². The molecule has 0 saturated carbocycles. The van der Waals surface area contributed by atoms with Gasteiger partial charge < -0.3 is 4.52 Å². The van der Waals surface area contributed by atoms with Crippen molar-refractivity contribution in [1.82, 2.24) is 0 Å². The molecule has 1 nitrogen and oxygen atoms in total. The van der Waals surface area contributed by atoms with Gasteiger partial charge in [0.15, 0.2) is 0 Å². The summed E-state index contributed by atoms with van der Waals surface area (Å²) in [5, 5.41) is 2.46. The molecule has 19 heavy (non-hydrogen) atoms. The fourth-order valence-electron chi connectivity index (χ4n) is 1.63. The number of rotatable bonds is 4. The Hall–Kier alpha value is -0.210. The third-order valence-corrected chi connectivity index (χ3v) is 5.66. The van der Waals surface area contributed by atoms with E-state index < -0.39 is 8.15 Å². The second kappa shape index (κ2) is 6.99. The summed E-state index contributed by atoms with van der Waals surface area (Å²) in [7, 11) is -0.757. The summed E-state index contributed by atoms with van der Waals surface area (Å²) in [6.07, 6.45) is 0.207. The third kappa shape index (κ3) is 4.39. The van der Waals surface area contributed by atoms with Crippen molar-refractivity contribution >= 4 is 50.6 Å². The van der Waals surface area contributed by atoms with Gasteiger partial charge in [-0.15, -0.1) is 0 Å². The summed E-state index contributed by atoms with van der Waals surface area (Å²) in [6, 6.07) is 16.8. The van der Waals surface area contributed by atoms with Gasteiger partial charge in [-0.05, 0) is 38.1 Å². The quantitative estimate of drug-likeness (QED) is 0.656. The van der Waals surface area contributed by atoms with E-state index in [0.29, 0.717) is 0 Å². The normalized spacial score (nSPS) is 11.3. The van der Waals surface area contributed by atoms with Crippen LogP contribution in [0.2, 0.25) is 0 Å². The Balaban J connectivity index is 2.35. The van der Waals surface area contributed by atoms with E-state index in [4.69, 9.17) is 4.52 Å². The van der Waals surface area contributed by atoms with Crippen molar-refractivity contribution in [3.05, 3.63) is 57.5 Å². The van der Waals surface area contributed by atoms with Crippen molar-refractivity contribution in [2.24, 2.45) is 0 Å². The zero-order chi connectivity index (χ0) is 13.8. The Morgan fingerprint density at radius 2 is 1.16 bits per heavy atom. The molecule has 2 aromatic carbocycles. The lowest BCUT2D eigenvalue weighted by Crippen LogP contribution is -2.16. The van der Waals surface area contributed by atoms with Crippen LogP contribution in [-0.4, -0.2) is 6.10 Å². The zero-order valence-corrected chi connectivity index (χ0v) is 14.9. The highest BCUT2D eigenvalue weighted by atomic mass is 79.9. The Kier molecular flexibility index (Phi) is 5.58. The zero-order valence-electron chi connectivity index (χ0n) is 10.8. The molecule has 0 N–H and O–H groups in total. The highest BCUT2D eigenvalue weighted by Gasteiger charge is 2.16. The average Bonchev–Trinajstić information content (AvgIpc) is 2.38. The summed E-state index contributed by atoms with van der Waals surface area (Å²) in [6.45, 7) is 4.15. The van der Waals surface area contributed by atoms with Crippen LogP contribution in [0.1, 0.15) is 13.8 Å². The lowest BCUT2D eigenvalue weighted by Gasteiger charge is -2.21. The molecule has 4 heteroatoms. The van der Waals surface area contributed by atoms with Crippen LogP contribution in [0.3, 0.4) is 0 Å². The molecule has 0 bridgehead atoms.